The number of aliphatic hydroxyl groups is 1. The van der Waals surface area contributed by atoms with Crippen LogP contribution in [0.15, 0.2) is 29.0 Å². The number of carbonyl (C=O) groups is 1. The van der Waals surface area contributed by atoms with Gasteiger partial charge >= 0.3 is 0 Å². The molecule has 0 saturated heterocycles. The molecule has 0 aliphatic carbocycles. The first-order valence-corrected chi connectivity index (χ1v) is 7.56. The molecule has 0 spiro atoms. The van der Waals surface area contributed by atoms with Crippen molar-refractivity contribution in [3.8, 4) is 11.8 Å². The summed E-state index contributed by atoms with van der Waals surface area (Å²) in [4.78, 5) is 12.1. The highest BCUT2D eigenvalue weighted by Gasteiger charge is 2.08. The summed E-state index contributed by atoms with van der Waals surface area (Å²) in [5.41, 5.74) is 4.72. The minimum absolute atomic E-state index is 0.0923. The van der Waals surface area contributed by atoms with Gasteiger partial charge in [-0.25, -0.2) is 0 Å². The average Bonchev–Trinajstić information content (AvgIpc) is 2.88. The molecule has 108 valence electrons. The average molecular weight is 299 g/mol. The zero-order valence-corrected chi connectivity index (χ0v) is 12.9. The molecule has 4 heteroatoms. The second kappa shape index (κ2) is 7.07. The van der Waals surface area contributed by atoms with Gasteiger partial charge in [-0.15, -0.1) is 0 Å². The van der Waals surface area contributed by atoms with Gasteiger partial charge < -0.3 is 10.4 Å². The number of amides is 1. The molecule has 3 nitrogen and oxygen atoms in total. The molecule has 2 aromatic rings. The van der Waals surface area contributed by atoms with E-state index in [1.807, 2.05) is 26.0 Å². The van der Waals surface area contributed by atoms with Crippen LogP contribution in [0.5, 0.6) is 0 Å². The van der Waals surface area contributed by atoms with Gasteiger partial charge in [-0.1, -0.05) is 11.8 Å². The Labute approximate surface area is 128 Å². The lowest BCUT2D eigenvalue weighted by Crippen LogP contribution is -2.23. The number of aryl methyl sites for hydroxylation is 2. The van der Waals surface area contributed by atoms with Crippen LogP contribution in [-0.2, 0) is 6.54 Å². The van der Waals surface area contributed by atoms with E-state index in [1.54, 1.807) is 17.4 Å². The molecule has 0 fully saturated rings. The number of rotatable bonds is 3. The molecule has 21 heavy (non-hydrogen) atoms. The molecule has 2 N–H and O–H groups in total. The summed E-state index contributed by atoms with van der Waals surface area (Å²) in [6.45, 7) is 4.32. The molecule has 0 aliphatic heterocycles. The minimum Gasteiger partial charge on any atom is -0.384 e. The highest BCUT2D eigenvalue weighted by atomic mass is 32.1. The maximum absolute atomic E-state index is 12.1. The van der Waals surface area contributed by atoms with Gasteiger partial charge in [-0.2, -0.15) is 11.3 Å². The summed E-state index contributed by atoms with van der Waals surface area (Å²) < 4.78 is 0. The number of thiophene rings is 1. The Morgan fingerprint density at radius 2 is 2.10 bits per heavy atom. The Balaban J connectivity index is 2.06. The number of carbonyl (C=O) groups excluding carboxylic acids is 1. The largest absolute Gasteiger partial charge is 0.384 e. The quantitative estimate of drug-likeness (QED) is 0.856. The summed E-state index contributed by atoms with van der Waals surface area (Å²) in [5.74, 6) is 5.38. The Morgan fingerprint density at radius 1 is 1.29 bits per heavy atom. The monoisotopic (exact) mass is 299 g/mol. The van der Waals surface area contributed by atoms with Gasteiger partial charge in [0.15, 0.2) is 0 Å². The molecule has 0 aliphatic rings. The van der Waals surface area contributed by atoms with Gasteiger partial charge in [0.05, 0.1) is 0 Å². The van der Waals surface area contributed by atoms with E-state index in [4.69, 9.17) is 5.11 Å². The second-order valence-electron chi connectivity index (χ2n) is 4.75. The van der Waals surface area contributed by atoms with E-state index in [1.165, 1.54) is 5.56 Å². The maximum Gasteiger partial charge on any atom is 0.251 e. The van der Waals surface area contributed by atoms with E-state index in [0.29, 0.717) is 12.1 Å². The summed E-state index contributed by atoms with van der Waals surface area (Å²) in [6, 6.07) is 5.38. The van der Waals surface area contributed by atoms with Gasteiger partial charge in [0.25, 0.3) is 5.91 Å². The molecular formula is C17H17NO2S. The Bertz CT molecular complexity index is 707. The first-order chi connectivity index (χ1) is 10.1. The predicted molar refractivity (Wildman–Crippen MR) is 85.4 cm³/mol. The van der Waals surface area contributed by atoms with Gasteiger partial charge in [0.1, 0.15) is 6.61 Å². The number of hydrogen-bond acceptors (Lipinski definition) is 3. The molecule has 0 atom stereocenters. The fraction of sp³-hybridized carbons (Fsp3) is 0.235. The van der Waals surface area contributed by atoms with Gasteiger partial charge in [0, 0.05) is 17.7 Å². The van der Waals surface area contributed by atoms with Crippen molar-refractivity contribution in [2.75, 3.05) is 6.61 Å². The lowest BCUT2D eigenvalue weighted by molar-refractivity contribution is 0.0951. The highest BCUT2D eigenvalue weighted by molar-refractivity contribution is 7.08. The van der Waals surface area contributed by atoms with Crippen molar-refractivity contribution >= 4 is 17.2 Å². The molecule has 1 aromatic heterocycles. The predicted octanol–water partition coefficient (Wildman–Crippen LogP) is 2.64. The van der Waals surface area contributed by atoms with Crippen LogP contribution in [0.25, 0.3) is 0 Å². The van der Waals surface area contributed by atoms with Crippen LogP contribution in [0.1, 0.15) is 32.6 Å². The molecule has 1 heterocycles. The van der Waals surface area contributed by atoms with Gasteiger partial charge in [0.2, 0.25) is 0 Å². The van der Waals surface area contributed by atoms with Crippen molar-refractivity contribution in [3.63, 3.8) is 0 Å². The molecule has 0 unspecified atom stereocenters. The van der Waals surface area contributed by atoms with E-state index in [2.05, 4.69) is 27.9 Å². The van der Waals surface area contributed by atoms with Crippen LogP contribution in [0.4, 0.5) is 0 Å². The molecule has 1 amide bonds. The fourth-order valence-electron chi connectivity index (χ4n) is 1.93. The SMILES string of the molecule is Cc1cc(C(=O)NCc2cscc2C)ccc1C#CCO. The lowest BCUT2D eigenvalue weighted by Gasteiger charge is -2.07. The lowest BCUT2D eigenvalue weighted by atomic mass is 10.0. The van der Waals surface area contributed by atoms with Crippen LogP contribution in [0, 0.1) is 25.7 Å². The van der Waals surface area contributed by atoms with Gasteiger partial charge in [-0.3, -0.25) is 4.79 Å². The topological polar surface area (TPSA) is 49.3 Å². The van der Waals surface area contributed by atoms with Crippen molar-refractivity contribution in [3.05, 3.63) is 56.8 Å². The van der Waals surface area contributed by atoms with E-state index in [-0.39, 0.29) is 12.5 Å². The summed E-state index contributed by atoms with van der Waals surface area (Å²) in [5, 5.41) is 15.8. The molecular weight excluding hydrogens is 282 g/mol. The van der Waals surface area contributed by atoms with Crippen molar-refractivity contribution in [2.45, 2.75) is 20.4 Å². The standard InChI is InChI=1S/C17H17NO2S/c1-12-8-15(6-5-14(12)4-3-7-19)17(20)18-9-16-11-21-10-13(16)2/h5-6,8,10-11,19H,7,9H2,1-2H3,(H,18,20). The van der Waals surface area contributed by atoms with Gasteiger partial charge in [-0.05, 0) is 59.5 Å². The number of benzene rings is 1. The number of nitrogens with one attached hydrogen (secondary N) is 1. The van der Waals surface area contributed by atoms with Crippen LogP contribution in [-0.4, -0.2) is 17.6 Å². The summed E-state index contributed by atoms with van der Waals surface area (Å²) >= 11 is 1.64. The van der Waals surface area contributed by atoms with E-state index in [0.717, 1.165) is 16.7 Å². The third-order valence-electron chi connectivity index (χ3n) is 3.19. The molecule has 1 aromatic carbocycles. The fourth-order valence-corrected chi connectivity index (χ4v) is 2.78. The number of aliphatic hydroxyl groups excluding tert-OH is 1. The van der Waals surface area contributed by atoms with Crippen LogP contribution < -0.4 is 5.32 Å². The smallest absolute Gasteiger partial charge is 0.251 e. The minimum atomic E-state index is -0.165. The van der Waals surface area contributed by atoms with Crippen LogP contribution >= 0.6 is 11.3 Å². The number of hydrogen-bond donors (Lipinski definition) is 2. The zero-order valence-electron chi connectivity index (χ0n) is 12.1. The van der Waals surface area contributed by atoms with Crippen LogP contribution in [0.3, 0.4) is 0 Å². The molecule has 0 radical (unpaired) electrons. The van der Waals surface area contributed by atoms with Crippen molar-refractivity contribution < 1.29 is 9.90 Å². The van der Waals surface area contributed by atoms with E-state index < -0.39 is 0 Å². The first kappa shape index (κ1) is 15.3. The second-order valence-corrected chi connectivity index (χ2v) is 5.50. The van der Waals surface area contributed by atoms with E-state index in [9.17, 15) is 4.79 Å². The van der Waals surface area contributed by atoms with E-state index >= 15 is 0 Å². The normalized spacial score (nSPS) is 9.86. The highest BCUT2D eigenvalue weighted by Crippen LogP contribution is 2.14. The molecule has 0 saturated carbocycles. The Morgan fingerprint density at radius 3 is 2.71 bits per heavy atom. The summed E-state index contributed by atoms with van der Waals surface area (Å²) in [7, 11) is 0. The maximum atomic E-state index is 12.1. The van der Waals surface area contributed by atoms with Crippen LogP contribution in [0.2, 0.25) is 0 Å². The molecule has 0 bridgehead atoms. The Hall–Kier alpha value is -2.09. The van der Waals surface area contributed by atoms with Crippen molar-refractivity contribution in [1.29, 1.82) is 0 Å². The molecule has 2 rings (SSSR count). The third kappa shape index (κ3) is 3.94. The Kier molecular flexibility index (Phi) is 5.15. The van der Waals surface area contributed by atoms with Crippen molar-refractivity contribution in [1.82, 2.24) is 5.32 Å². The van der Waals surface area contributed by atoms with Crippen molar-refractivity contribution in [2.24, 2.45) is 0 Å². The summed E-state index contributed by atoms with van der Waals surface area (Å²) in [6.07, 6.45) is 0. The first-order valence-electron chi connectivity index (χ1n) is 6.62. The zero-order chi connectivity index (χ0) is 15.2. The third-order valence-corrected chi connectivity index (χ3v) is 4.10.